The highest BCUT2D eigenvalue weighted by Crippen LogP contribution is 2.50. The maximum Gasteiger partial charge on any atom is 0.0692 e. The molecule has 0 spiro atoms. The molecule has 0 radical (unpaired) electrons. The van der Waals surface area contributed by atoms with E-state index in [2.05, 4.69) is 0 Å². The summed E-state index contributed by atoms with van der Waals surface area (Å²) in [5, 5.41) is 1.09. The van der Waals surface area contributed by atoms with Crippen LogP contribution in [0.5, 0.6) is 0 Å². The molecule has 2 atom stereocenters. The zero-order valence-corrected chi connectivity index (χ0v) is 6.54. The van der Waals surface area contributed by atoms with Gasteiger partial charge >= 0.3 is 0 Å². The summed E-state index contributed by atoms with van der Waals surface area (Å²) in [4.78, 5) is 0. The Hall–Kier alpha value is 0.320. The highest BCUT2D eigenvalue weighted by atomic mass is 35.5. The van der Waals surface area contributed by atoms with E-state index in [1.54, 1.807) is 0 Å². The molecule has 50 valence electrons. The fourth-order valence-electron chi connectivity index (χ4n) is 1.45. The van der Waals surface area contributed by atoms with Crippen LogP contribution in [-0.4, -0.2) is 5.38 Å². The molecule has 2 heteroatoms. The largest absolute Gasteiger partial charge is 0.117 e. The Kier molecular flexibility index (Phi) is 1.28. The molecule has 0 saturated heterocycles. The van der Waals surface area contributed by atoms with Gasteiger partial charge in [0.25, 0.3) is 0 Å². The van der Waals surface area contributed by atoms with E-state index in [0.29, 0.717) is 0 Å². The second kappa shape index (κ2) is 1.90. The van der Waals surface area contributed by atoms with Crippen LogP contribution in [-0.2, 0) is 0 Å². The highest BCUT2D eigenvalue weighted by molar-refractivity contribution is 6.38. The van der Waals surface area contributed by atoms with Crippen molar-refractivity contribution in [2.24, 2.45) is 5.92 Å². The molecule has 2 aliphatic carbocycles. The van der Waals surface area contributed by atoms with E-state index in [1.165, 1.54) is 18.4 Å². The van der Waals surface area contributed by atoms with Gasteiger partial charge in [0, 0.05) is 5.03 Å². The first-order valence-corrected chi connectivity index (χ1v) is 4.13. The summed E-state index contributed by atoms with van der Waals surface area (Å²) >= 11 is 11.8. The lowest BCUT2D eigenvalue weighted by atomic mass is 10.1. The normalized spacial score (nSPS) is 40.7. The Bertz CT molecular complexity index is 172. The Balaban J connectivity index is 2.27. The number of fused-ring (bicyclic) bond motifs is 1. The Labute approximate surface area is 64.8 Å². The van der Waals surface area contributed by atoms with Gasteiger partial charge < -0.3 is 0 Å². The molecule has 0 bridgehead atoms. The van der Waals surface area contributed by atoms with Gasteiger partial charge in [-0.3, -0.25) is 0 Å². The monoisotopic (exact) mass is 162 g/mol. The van der Waals surface area contributed by atoms with Gasteiger partial charge in [0.2, 0.25) is 0 Å². The summed E-state index contributed by atoms with van der Waals surface area (Å²) in [5.74, 6) is 0.826. The smallest absolute Gasteiger partial charge is 0.0692 e. The molecule has 0 heterocycles. The zero-order chi connectivity index (χ0) is 6.43. The van der Waals surface area contributed by atoms with Crippen molar-refractivity contribution in [3.05, 3.63) is 10.6 Å². The van der Waals surface area contributed by atoms with Crippen molar-refractivity contribution in [3.8, 4) is 0 Å². The maximum absolute atomic E-state index is 5.91. The van der Waals surface area contributed by atoms with Crippen LogP contribution in [0.4, 0.5) is 0 Å². The molecular weight excluding hydrogens is 155 g/mol. The number of halogens is 2. The summed E-state index contributed by atoms with van der Waals surface area (Å²) in [5.41, 5.74) is 1.43. The summed E-state index contributed by atoms with van der Waals surface area (Å²) in [7, 11) is 0. The average molecular weight is 163 g/mol. The zero-order valence-electron chi connectivity index (χ0n) is 5.03. The van der Waals surface area contributed by atoms with Crippen molar-refractivity contribution in [2.75, 3.05) is 0 Å². The molecule has 0 N–H and O–H groups in total. The van der Waals surface area contributed by atoms with Crippen LogP contribution in [0, 0.1) is 5.92 Å². The number of allylic oxidation sites excluding steroid dienone is 2. The van der Waals surface area contributed by atoms with Gasteiger partial charge in [0.05, 0.1) is 5.38 Å². The molecule has 0 aromatic rings. The van der Waals surface area contributed by atoms with Crippen LogP contribution in [0.2, 0.25) is 0 Å². The molecule has 0 aromatic heterocycles. The summed E-state index contributed by atoms with van der Waals surface area (Å²) in [6, 6.07) is 0. The van der Waals surface area contributed by atoms with Gasteiger partial charge in [0.1, 0.15) is 0 Å². The van der Waals surface area contributed by atoms with Crippen molar-refractivity contribution in [1.82, 2.24) is 0 Å². The van der Waals surface area contributed by atoms with Crippen molar-refractivity contribution >= 4 is 23.2 Å². The van der Waals surface area contributed by atoms with Gasteiger partial charge in [0.15, 0.2) is 0 Å². The SMILES string of the molecule is ClC1=C2CC2CCC1Cl. The van der Waals surface area contributed by atoms with Crippen molar-refractivity contribution in [3.63, 3.8) is 0 Å². The first-order chi connectivity index (χ1) is 4.29. The minimum absolute atomic E-state index is 0.139. The van der Waals surface area contributed by atoms with E-state index in [9.17, 15) is 0 Å². The van der Waals surface area contributed by atoms with Gasteiger partial charge in [-0.1, -0.05) is 17.2 Å². The lowest BCUT2D eigenvalue weighted by molar-refractivity contribution is 0.672. The summed E-state index contributed by atoms with van der Waals surface area (Å²) < 4.78 is 0. The second-order valence-electron chi connectivity index (χ2n) is 2.82. The van der Waals surface area contributed by atoms with E-state index in [4.69, 9.17) is 23.2 Å². The molecule has 2 aliphatic rings. The van der Waals surface area contributed by atoms with Crippen molar-refractivity contribution < 1.29 is 0 Å². The molecular formula is C7H8Cl2. The number of hydrogen-bond acceptors (Lipinski definition) is 0. The van der Waals surface area contributed by atoms with Gasteiger partial charge in [-0.2, -0.15) is 0 Å². The third kappa shape index (κ3) is 0.890. The van der Waals surface area contributed by atoms with Gasteiger partial charge in [-0.25, -0.2) is 0 Å². The van der Waals surface area contributed by atoms with E-state index in [-0.39, 0.29) is 5.38 Å². The third-order valence-corrected chi connectivity index (χ3v) is 3.20. The minimum atomic E-state index is 0.139. The topological polar surface area (TPSA) is 0 Å². The molecule has 2 unspecified atom stereocenters. The van der Waals surface area contributed by atoms with Crippen molar-refractivity contribution in [2.45, 2.75) is 24.6 Å². The fourth-order valence-corrected chi connectivity index (χ4v) is 2.06. The predicted octanol–water partition coefficient (Wildman–Crippen LogP) is 2.90. The quantitative estimate of drug-likeness (QED) is 0.481. The number of alkyl halides is 1. The minimum Gasteiger partial charge on any atom is -0.117 e. The van der Waals surface area contributed by atoms with Crippen LogP contribution in [0.25, 0.3) is 0 Å². The second-order valence-corrected chi connectivity index (χ2v) is 3.75. The van der Waals surface area contributed by atoms with Crippen molar-refractivity contribution in [1.29, 1.82) is 0 Å². The van der Waals surface area contributed by atoms with Gasteiger partial charge in [-0.05, 0) is 25.2 Å². The fraction of sp³-hybridized carbons (Fsp3) is 0.714. The Morgan fingerprint density at radius 3 is 2.78 bits per heavy atom. The van der Waals surface area contributed by atoms with Crippen LogP contribution < -0.4 is 0 Å². The molecule has 0 aromatic carbocycles. The number of hydrogen-bond donors (Lipinski definition) is 0. The van der Waals surface area contributed by atoms with Crippen LogP contribution in [0.3, 0.4) is 0 Å². The summed E-state index contributed by atoms with van der Waals surface area (Å²) in [6.45, 7) is 0. The molecule has 2 rings (SSSR count). The van der Waals surface area contributed by atoms with Crippen LogP contribution in [0.1, 0.15) is 19.3 Å². The first-order valence-electron chi connectivity index (χ1n) is 3.31. The standard InChI is InChI=1S/C7H8Cl2/c8-6-2-1-4-3-5(4)7(6)9/h4,6H,1-3H2. The molecule has 0 aliphatic heterocycles. The molecule has 0 amide bonds. The Morgan fingerprint density at radius 2 is 2.11 bits per heavy atom. The maximum atomic E-state index is 5.91. The van der Waals surface area contributed by atoms with Crippen LogP contribution >= 0.6 is 23.2 Å². The molecule has 1 fully saturated rings. The number of rotatable bonds is 0. The Morgan fingerprint density at radius 1 is 1.33 bits per heavy atom. The average Bonchev–Trinajstić information content (AvgIpc) is 2.58. The van der Waals surface area contributed by atoms with Crippen LogP contribution in [0.15, 0.2) is 10.6 Å². The molecule has 1 saturated carbocycles. The predicted molar refractivity (Wildman–Crippen MR) is 39.9 cm³/mol. The first kappa shape index (κ1) is 6.06. The van der Waals surface area contributed by atoms with Gasteiger partial charge in [-0.15, -0.1) is 11.6 Å². The third-order valence-electron chi connectivity index (χ3n) is 2.15. The lowest BCUT2D eigenvalue weighted by Crippen LogP contribution is -2.03. The van der Waals surface area contributed by atoms with E-state index >= 15 is 0 Å². The summed E-state index contributed by atoms with van der Waals surface area (Å²) in [6.07, 6.45) is 3.57. The van der Waals surface area contributed by atoms with E-state index in [1.807, 2.05) is 0 Å². The molecule has 9 heavy (non-hydrogen) atoms. The van der Waals surface area contributed by atoms with E-state index in [0.717, 1.165) is 17.4 Å². The lowest BCUT2D eigenvalue weighted by Gasteiger charge is -2.11. The highest BCUT2D eigenvalue weighted by Gasteiger charge is 2.38. The molecule has 0 nitrogen and oxygen atoms in total. The van der Waals surface area contributed by atoms with E-state index < -0.39 is 0 Å².